The zero-order valence-corrected chi connectivity index (χ0v) is 18.5. The summed E-state index contributed by atoms with van der Waals surface area (Å²) >= 11 is 0. The van der Waals surface area contributed by atoms with Gasteiger partial charge in [0.25, 0.3) is 0 Å². The van der Waals surface area contributed by atoms with Gasteiger partial charge in [-0.25, -0.2) is 17.8 Å². The van der Waals surface area contributed by atoms with Gasteiger partial charge in [0.2, 0.25) is 15.9 Å². The SMILES string of the molecule is CC(C)[C@H](NS(=O)(=O)c1ccccc1F)C(=O)Nc1ccc(-c2n[nH]c(C3CC3)n2)cc1. The quantitative estimate of drug-likeness (QED) is 0.479. The van der Waals surface area contributed by atoms with Gasteiger partial charge in [0.1, 0.15) is 22.6 Å². The van der Waals surface area contributed by atoms with Crippen LogP contribution < -0.4 is 10.0 Å². The predicted octanol–water partition coefficient (Wildman–Crippen LogP) is 3.43. The Kier molecular flexibility index (Phi) is 6.07. The van der Waals surface area contributed by atoms with Crippen LogP contribution in [0.5, 0.6) is 0 Å². The molecule has 32 heavy (non-hydrogen) atoms. The molecule has 1 amide bonds. The fourth-order valence-electron chi connectivity index (χ4n) is 3.25. The Morgan fingerprint density at radius 1 is 1.12 bits per heavy atom. The molecule has 4 rings (SSSR count). The van der Waals surface area contributed by atoms with E-state index in [9.17, 15) is 17.6 Å². The van der Waals surface area contributed by atoms with Gasteiger partial charge in [-0.15, -0.1) is 0 Å². The fourth-order valence-corrected chi connectivity index (χ4v) is 4.67. The number of nitrogens with one attached hydrogen (secondary N) is 3. The van der Waals surface area contributed by atoms with Crippen molar-refractivity contribution < 1.29 is 17.6 Å². The molecule has 1 aliphatic carbocycles. The van der Waals surface area contributed by atoms with Crippen LogP contribution in [0.1, 0.15) is 38.4 Å². The number of hydrogen-bond acceptors (Lipinski definition) is 5. The van der Waals surface area contributed by atoms with Crippen molar-refractivity contribution >= 4 is 21.6 Å². The van der Waals surface area contributed by atoms with E-state index in [0.717, 1.165) is 36.4 Å². The lowest BCUT2D eigenvalue weighted by Gasteiger charge is -2.22. The van der Waals surface area contributed by atoms with Gasteiger partial charge < -0.3 is 5.32 Å². The molecule has 168 valence electrons. The second-order valence-electron chi connectivity index (χ2n) is 8.16. The van der Waals surface area contributed by atoms with Crippen molar-refractivity contribution in [2.75, 3.05) is 5.32 Å². The summed E-state index contributed by atoms with van der Waals surface area (Å²) in [7, 11) is -4.22. The first-order chi connectivity index (χ1) is 15.2. The highest BCUT2D eigenvalue weighted by atomic mass is 32.2. The van der Waals surface area contributed by atoms with Gasteiger partial charge >= 0.3 is 0 Å². The van der Waals surface area contributed by atoms with Gasteiger partial charge in [0.15, 0.2) is 5.82 Å². The van der Waals surface area contributed by atoms with Gasteiger partial charge in [0, 0.05) is 17.2 Å². The minimum absolute atomic E-state index is 0.370. The van der Waals surface area contributed by atoms with Crippen LogP contribution in [-0.2, 0) is 14.8 Å². The summed E-state index contributed by atoms with van der Waals surface area (Å²) in [6, 6.07) is 10.9. The average molecular weight is 458 g/mol. The Balaban J connectivity index is 1.46. The van der Waals surface area contributed by atoms with Crippen LogP contribution in [0.2, 0.25) is 0 Å². The average Bonchev–Trinajstić information content (AvgIpc) is 3.49. The topological polar surface area (TPSA) is 117 Å². The van der Waals surface area contributed by atoms with E-state index in [0.29, 0.717) is 17.4 Å². The molecular weight excluding hydrogens is 433 g/mol. The Morgan fingerprint density at radius 3 is 2.44 bits per heavy atom. The van der Waals surface area contributed by atoms with Gasteiger partial charge in [0.05, 0.1) is 0 Å². The van der Waals surface area contributed by atoms with Gasteiger partial charge in [-0.3, -0.25) is 9.89 Å². The second kappa shape index (κ2) is 8.79. The smallest absolute Gasteiger partial charge is 0.244 e. The van der Waals surface area contributed by atoms with E-state index in [1.165, 1.54) is 12.1 Å². The number of carbonyl (C=O) groups is 1. The molecule has 3 aromatic rings. The van der Waals surface area contributed by atoms with Crippen molar-refractivity contribution in [1.82, 2.24) is 19.9 Å². The van der Waals surface area contributed by atoms with Gasteiger partial charge in [-0.1, -0.05) is 26.0 Å². The van der Waals surface area contributed by atoms with Crippen LogP contribution >= 0.6 is 0 Å². The summed E-state index contributed by atoms with van der Waals surface area (Å²) in [5.74, 6) is 0.152. The molecule has 1 atom stereocenters. The summed E-state index contributed by atoms with van der Waals surface area (Å²) in [5.41, 5.74) is 1.29. The Morgan fingerprint density at radius 2 is 1.81 bits per heavy atom. The number of hydrogen-bond donors (Lipinski definition) is 3. The van der Waals surface area contributed by atoms with Crippen LogP contribution in [0, 0.1) is 11.7 Å². The maximum atomic E-state index is 14.0. The van der Waals surface area contributed by atoms with Crippen molar-refractivity contribution in [3.05, 3.63) is 60.2 Å². The monoisotopic (exact) mass is 457 g/mol. The lowest BCUT2D eigenvalue weighted by Crippen LogP contribution is -2.47. The summed E-state index contributed by atoms with van der Waals surface area (Å²) in [6.07, 6.45) is 2.24. The van der Waals surface area contributed by atoms with Crippen molar-refractivity contribution in [2.24, 2.45) is 5.92 Å². The number of sulfonamides is 1. The lowest BCUT2D eigenvalue weighted by atomic mass is 10.0. The van der Waals surface area contributed by atoms with Crippen LogP contribution in [0.4, 0.5) is 10.1 Å². The molecule has 1 heterocycles. The molecule has 10 heteroatoms. The third-order valence-electron chi connectivity index (χ3n) is 5.23. The number of aromatic nitrogens is 3. The molecular formula is C22H24FN5O3S. The standard InChI is InChI=1S/C22H24FN5O3S/c1-13(2)19(28-32(30,31)18-6-4-3-5-17(18)23)22(29)24-16-11-9-15(10-12-16)21-25-20(26-27-21)14-7-8-14/h3-6,9-14,19,28H,7-8H2,1-2H3,(H,24,29)(H,25,26,27)/t19-/m0/s1. The minimum atomic E-state index is -4.22. The Bertz CT molecular complexity index is 1220. The largest absolute Gasteiger partial charge is 0.325 e. The Hall–Kier alpha value is -3.11. The fraction of sp³-hybridized carbons (Fsp3) is 0.318. The van der Waals surface area contributed by atoms with Crippen LogP contribution in [0.3, 0.4) is 0 Å². The molecule has 1 fully saturated rings. The maximum Gasteiger partial charge on any atom is 0.244 e. The Labute approximate surface area is 185 Å². The zero-order valence-electron chi connectivity index (χ0n) is 17.7. The molecule has 1 aromatic heterocycles. The third kappa shape index (κ3) is 4.86. The molecule has 0 radical (unpaired) electrons. The zero-order chi connectivity index (χ0) is 22.9. The molecule has 0 spiro atoms. The number of aromatic amines is 1. The number of rotatable bonds is 8. The van der Waals surface area contributed by atoms with Crippen LogP contribution in [0.15, 0.2) is 53.4 Å². The molecule has 3 N–H and O–H groups in total. The third-order valence-corrected chi connectivity index (χ3v) is 6.71. The van der Waals surface area contributed by atoms with E-state index < -0.39 is 32.7 Å². The van der Waals surface area contributed by atoms with Crippen molar-refractivity contribution in [3.63, 3.8) is 0 Å². The lowest BCUT2D eigenvalue weighted by molar-refractivity contribution is -0.118. The first-order valence-corrected chi connectivity index (χ1v) is 11.8. The van der Waals surface area contributed by atoms with E-state index in [-0.39, 0.29) is 5.92 Å². The van der Waals surface area contributed by atoms with E-state index in [1.807, 2.05) is 0 Å². The highest BCUT2D eigenvalue weighted by Gasteiger charge is 2.30. The number of amides is 1. The number of H-pyrrole nitrogens is 1. The molecule has 0 saturated heterocycles. The van der Waals surface area contributed by atoms with E-state index >= 15 is 0 Å². The van der Waals surface area contributed by atoms with Crippen LogP contribution in [-0.4, -0.2) is 35.5 Å². The summed E-state index contributed by atoms with van der Waals surface area (Å²) in [4.78, 5) is 16.8. The van der Waals surface area contributed by atoms with Gasteiger partial charge in [-0.2, -0.15) is 9.82 Å². The first-order valence-electron chi connectivity index (χ1n) is 10.3. The molecule has 8 nitrogen and oxygen atoms in total. The van der Waals surface area contributed by atoms with Crippen molar-refractivity contribution in [3.8, 4) is 11.4 Å². The molecule has 2 aromatic carbocycles. The van der Waals surface area contributed by atoms with Crippen molar-refractivity contribution in [1.29, 1.82) is 0 Å². The van der Waals surface area contributed by atoms with E-state index in [4.69, 9.17) is 0 Å². The molecule has 0 aliphatic heterocycles. The number of anilines is 1. The molecule has 0 bridgehead atoms. The number of halogens is 1. The number of nitrogens with zero attached hydrogens (tertiary/aromatic N) is 2. The maximum absolute atomic E-state index is 14.0. The van der Waals surface area contributed by atoms with E-state index in [1.54, 1.807) is 38.1 Å². The molecule has 0 unspecified atom stereocenters. The predicted molar refractivity (Wildman–Crippen MR) is 118 cm³/mol. The number of carbonyl (C=O) groups excluding carboxylic acids is 1. The first kappa shape index (κ1) is 22.1. The van der Waals surface area contributed by atoms with Crippen LogP contribution in [0.25, 0.3) is 11.4 Å². The highest BCUT2D eigenvalue weighted by Crippen LogP contribution is 2.38. The summed E-state index contributed by atoms with van der Waals surface area (Å²) < 4.78 is 41.6. The molecule has 1 aliphatic rings. The second-order valence-corrected chi connectivity index (χ2v) is 9.84. The van der Waals surface area contributed by atoms with Gasteiger partial charge in [-0.05, 0) is 55.2 Å². The molecule has 1 saturated carbocycles. The van der Waals surface area contributed by atoms with E-state index in [2.05, 4.69) is 25.2 Å². The normalized spacial score (nSPS) is 15.0. The number of benzene rings is 2. The van der Waals surface area contributed by atoms with Crippen molar-refractivity contribution in [2.45, 2.75) is 43.5 Å². The highest BCUT2D eigenvalue weighted by molar-refractivity contribution is 7.89. The minimum Gasteiger partial charge on any atom is -0.325 e. The summed E-state index contributed by atoms with van der Waals surface area (Å²) in [6.45, 7) is 3.41. The summed E-state index contributed by atoms with van der Waals surface area (Å²) in [5, 5.41) is 9.91.